The van der Waals surface area contributed by atoms with Gasteiger partial charge in [0, 0.05) is 12.8 Å². The third-order valence-electron chi connectivity index (χ3n) is 4.30. The van der Waals surface area contributed by atoms with Crippen LogP contribution in [0.15, 0.2) is 12.1 Å². The van der Waals surface area contributed by atoms with Gasteiger partial charge in [-0.1, -0.05) is 12.1 Å². The van der Waals surface area contributed by atoms with E-state index in [2.05, 4.69) is 0 Å². The molecule has 98 valence electrons. The largest absolute Gasteiger partial charge is 0.385 e. The lowest BCUT2D eigenvalue weighted by atomic mass is 9.82. The molecule has 1 N–H and O–H groups in total. The molecule has 2 saturated heterocycles. The molecule has 2 aliphatic rings. The Morgan fingerprint density at radius 3 is 2.17 bits per heavy atom. The van der Waals surface area contributed by atoms with Gasteiger partial charge in [-0.2, -0.15) is 0 Å². The van der Waals surface area contributed by atoms with Crippen LogP contribution in [0.2, 0.25) is 0 Å². The number of fused-ring (bicyclic) bond motifs is 2. The minimum absolute atomic E-state index is 0.166. The van der Waals surface area contributed by atoms with E-state index in [1.54, 1.807) is 26.0 Å². The van der Waals surface area contributed by atoms with Crippen molar-refractivity contribution in [2.45, 2.75) is 57.3 Å². The molecule has 18 heavy (non-hydrogen) atoms. The first-order valence-corrected chi connectivity index (χ1v) is 6.63. The molecule has 2 bridgehead atoms. The summed E-state index contributed by atoms with van der Waals surface area (Å²) in [6, 6.07) is 3.57. The molecule has 1 aromatic carbocycles. The zero-order chi connectivity index (χ0) is 12.9. The first kappa shape index (κ1) is 12.1. The van der Waals surface area contributed by atoms with Gasteiger partial charge >= 0.3 is 0 Å². The number of rotatable bonds is 1. The number of halogens is 1. The third kappa shape index (κ3) is 1.86. The van der Waals surface area contributed by atoms with Crippen molar-refractivity contribution in [1.82, 2.24) is 0 Å². The number of aliphatic hydroxyl groups is 1. The number of hydrogen-bond donors (Lipinski definition) is 1. The van der Waals surface area contributed by atoms with Crippen LogP contribution in [0.1, 0.15) is 42.4 Å². The molecule has 0 amide bonds. The van der Waals surface area contributed by atoms with Crippen molar-refractivity contribution < 1.29 is 14.2 Å². The molecule has 2 heterocycles. The van der Waals surface area contributed by atoms with Crippen LogP contribution in [0.3, 0.4) is 0 Å². The number of benzene rings is 1. The second kappa shape index (κ2) is 4.04. The predicted octanol–water partition coefficient (Wildman–Crippen LogP) is 2.97. The van der Waals surface area contributed by atoms with Crippen LogP contribution in [0.4, 0.5) is 4.39 Å². The van der Waals surface area contributed by atoms with Crippen LogP contribution < -0.4 is 0 Å². The fourth-order valence-corrected chi connectivity index (χ4v) is 3.37. The van der Waals surface area contributed by atoms with Crippen molar-refractivity contribution in [3.05, 3.63) is 34.6 Å². The summed E-state index contributed by atoms with van der Waals surface area (Å²) in [5.74, 6) is -0.169. The normalized spacial score (nSPS) is 34.9. The van der Waals surface area contributed by atoms with Crippen LogP contribution in [0, 0.1) is 19.7 Å². The summed E-state index contributed by atoms with van der Waals surface area (Å²) in [6.07, 6.45) is 3.67. The van der Waals surface area contributed by atoms with Gasteiger partial charge in [-0.3, -0.25) is 0 Å². The lowest BCUT2D eigenvalue weighted by Gasteiger charge is -2.37. The van der Waals surface area contributed by atoms with E-state index in [1.165, 1.54) is 0 Å². The van der Waals surface area contributed by atoms with Gasteiger partial charge in [-0.05, 0) is 43.4 Å². The van der Waals surface area contributed by atoms with E-state index in [4.69, 9.17) is 4.74 Å². The van der Waals surface area contributed by atoms with Crippen LogP contribution in [-0.2, 0) is 10.3 Å². The monoisotopic (exact) mass is 250 g/mol. The minimum atomic E-state index is -0.840. The fraction of sp³-hybridized carbons (Fsp3) is 0.600. The summed E-state index contributed by atoms with van der Waals surface area (Å²) in [7, 11) is 0. The highest BCUT2D eigenvalue weighted by atomic mass is 19.1. The molecule has 0 spiro atoms. The maximum absolute atomic E-state index is 13.7. The lowest BCUT2D eigenvalue weighted by molar-refractivity contribution is -0.115. The fourth-order valence-electron chi connectivity index (χ4n) is 3.37. The molecule has 2 unspecified atom stereocenters. The van der Waals surface area contributed by atoms with Gasteiger partial charge in [0.25, 0.3) is 0 Å². The molecule has 2 atom stereocenters. The molecule has 3 heteroatoms. The van der Waals surface area contributed by atoms with E-state index >= 15 is 0 Å². The van der Waals surface area contributed by atoms with E-state index in [0.717, 1.165) is 18.4 Å². The van der Waals surface area contributed by atoms with Crippen LogP contribution in [0.25, 0.3) is 0 Å². The Morgan fingerprint density at radius 2 is 1.67 bits per heavy atom. The van der Waals surface area contributed by atoms with E-state index in [-0.39, 0.29) is 18.0 Å². The van der Waals surface area contributed by atoms with Crippen molar-refractivity contribution >= 4 is 0 Å². The topological polar surface area (TPSA) is 29.5 Å². The molecule has 2 aliphatic heterocycles. The average molecular weight is 250 g/mol. The maximum Gasteiger partial charge on any atom is 0.129 e. The molecule has 3 rings (SSSR count). The van der Waals surface area contributed by atoms with Gasteiger partial charge in [-0.25, -0.2) is 4.39 Å². The second-order valence-corrected chi connectivity index (χ2v) is 5.82. The number of aryl methyl sites for hydroxylation is 2. The van der Waals surface area contributed by atoms with Crippen molar-refractivity contribution in [2.75, 3.05) is 0 Å². The lowest BCUT2D eigenvalue weighted by Crippen LogP contribution is -2.38. The standard InChI is InChI=1S/C15H19FO2/c1-9-5-11(6-10(2)14(9)16)15(17)7-12-3-4-13(8-15)18-12/h5-6,12-13,17H,3-4,7-8H2,1-2H3. The van der Waals surface area contributed by atoms with Gasteiger partial charge in [-0.15, -0.1) is 0 Å². The SMILES string of the molecule is Cc1cc(C2(O)CC3CCC(C2)O3)cc(C)c1F. The van der Waals surface area contributed by atoms with E-state index in [9.17, 15) is 9.50 Å². The van der Waals surface area contributed by atoms with Crippen LogP contribution in [-0.4, -0.2) is 17.3 Å². The Balaban J connectivity index is 1.99. The Bertz CT molecular complexity index is 448. The molecular formula is C15H19FO2. The Morgan fingerprint density at radius 1 is 1.17 bits per heavy atom. The Hall–Kier alpha value is -0.930. The highest BCUT2D eigenvalue weighted by molar-refractivity contribution is 5.34. The minimum Gasteiger partial charge on any atom is -0.385 e. The molecule has 1 aromatic rings. The van der Waals surface area contributed by atoms with Crippen LogP contribution in [0.5, 0.6) is 0 Å². The van der Waals surface area contributed by atoms with Crippen molar-refractivity contribution in [2.24, 2.45) is 0 Å². The van der Waals surface area contributed by atoms with E-state index in [0.29, 0.717) is 24.0 Å². The second-order valence-electron chi connectivity index (χ2n) is 5.82. The highest BCUT2D eigenvalue weighted by Crippen LogP contribution is 2.44. The van der Waals surface area contributed by atoms with Crippen LogP contribution >= 0.6 is 0 Å². The summed E-state index contributed by atoms with van der Waals surface area (Å²) in [4.78, 5) is 0. The highest BCUT2D eigenvalue weighted by Gasteiger charge is 2.44. The molecular weight excluding hydrogens is 231 g/mol. The van der Waals surface area contributed by atoms with Gasteiger partial charge in [0.05, 0.1) is 17.8 Å². The average Bonchev–Trinajstić information content (AvgIpc) is 2.65. The summed E-state index contributed by atoms with van der Waals surface area (Å²) < 4.78 is 19.4. The van der Waals surface area contributed by atoms with Gasteiger partial charge < -0.3 is 9.84 Å². The Labute approximate surface area is 107 Å². The molecule has 2 nitrogen and oxygen atoms in total. The molecule has 0 saturated carbocycles. The van der Waals surface area contributed by atoms with Crippen molar-refractivity contribution in [1.29, 1.82) is 0 Å². The zero-order valence-corrected chi connectivity index (χ0v) is 10.9. The smallest absolute Gasteiger partial charge is 0.129 e. The summed E-state index contributed by atoms with van der Waals surface area (Å²) in [5.41, 5.74) is 1.22. The summed E-state index contributed by atoms with van der Waals surface area (Å²) in [5, 5.41) is 10.9. The molecule has 0 radical (unpaired) electrons. The number of hydrogen-bond acceptors (Lipinski definition) is 2. The maximum atomic E-state index is 13.7. The quantitative estimate of drug-likeness (QED) is 0.830. The molecule has 2 fully saturated rings. The first-order chi connectivity index (χ1) is 8.48. The van der Waals surface area contributed by atoms with E-state index < -0.39 is 5.60 Å². The molecule has 0 aliphatic carbocycles. The van der Waals surface area contributed by atoms with Gasteiger partial charge in [0.15, 0.2) is 0 Å². The summed E-state index contributed by atoms with van der Waals surface area (Å²) >= 11 is 0. The first-order valence-electron chi connectivity index (χ1n) is 6.63. The summed E-state index contributed by atoms with van der Waals surface area (Å²) in [6.45, 7) is 3.51. The number of ether oxygens (including phenoxy) is 1. The Kier molecular flexibility index (Phi) is 2.72. The third-order valence-corrected chi connectivity index (χ3v) is 4.30. The van der Waals surface area contributed by atoms with E-state index in [1.807, 2.05) is 0 Å². The van der Waals surface area contributed by atoms with Crippen molar-refractivity contribution in [3.63, 3.8) is 0 Å². The molecule has 0 aromatic heterocycles. The van der Waals surface area contributed by atoms with Crippen molar-refractivity contribution in [3.8, 4) is 0 Å². The predicted molar refractivity (Wildman–Crippen MR) is 66.9 cm³/mol. The zero-order valence-electron chi connectivity index (χ0n) is 10.9. The van der Waals surface area contributed by atoms with Gasteiger partial charge in [0.1, 0.15) is 5.82 Å². The van der Waals surface area contributed by atoms with Gasteiger partial charge in [0.2, 0.25) is 0 Å².